The molecule has 0 spiro atoms. The Morgan fingerprint density at radius 1 is 1.33 bits per heavy atom. The van der Waals surface area contributed by atoms with Crippen molar-refractivity contribution in [1.29, 1.82) is 0 Å². The molecule has 0 aromatic heterocycles. The van der Waals surface area contributed by atoms with Crippen LogP contribution in [0.1, 0.15) is 6.92 Å². The van der Waals surface area contributed by atoms with E-state index < -0.39 is 20.3 Å². The van der Waals surface area contributed by atoms with Gasteiger partial charge in [-0.2, -0.15) is 0 Å². The minimum Gasteiger partial charge on any atom is -0.368 e. The molecule has 4 N–H and O–H groups in total. The van der Waals surface area contributed by atoms with Crippen molar-refractivity contribution in [2.75, 3.05) is 0 Å². The summed E-state index contributed by atoms with van der Waals surface area (Å²) in [4.78, 5) is 25.7. The third-order valence-corrected chi connectivity index (χ3v) is 6.09. The van der Waals surface area contributed by atoms with E-state index in [9.17, 15) is 9.13 Å². The Balaban J connectivity index is 5.14. The molecule has 0 aliphatic carbocycles. The highest BCUT2D eigenvalue weighted by Crippen LogP contribution is 2.70. The van der Waals surface area contributed by atoms with Crippen LogP contribution < -0.4 is 0 Å². The molecule has 0 aromatic rings. The van der Waals surface area contributed by atoms with Crippen LogP contribution in [0.3, 0.4) is 0 Å². The molecule has 0 aliphatic heterocycles. The highest BCUT2D eigenvalue weighted by molar-refractivity contribution is 7.73. The molecule has 0 bridgehead atoms. The summed E-state index contributed by atoms with van der Waals surface area (Å²) in [5, 5.41) is 5.88. The predicted molar refractivity (Wildman–Crippen MR) is 43.3 cm³/mol. The highest BCUT2D eigenvalue weighted by Gasteiger charge is 2.56. The lowest BCUT2D eigenvalue weighted by molar-refractivity contribution is 0.151. The maximum Gasteiger partial charge on any atom is 0.374 e. The van der Waals surface area contributed by atoms with Gasteiger partial charge in [0.2, 0.25) is 0 Å². The second-order valence-corrected chi connectivity index (χ2v) is 7.21. The first kappa shape index (κ1) is 12.7. The standard InChI is InChI=1S/C2H9O7P3/c1-2(3,11(4,5)6)12(7,8)9-10/h3H,10H2,1H3,(H,7,8)(H2,4,5,6). The Labute approximate surface area is 70.7 Å². The lowest BCUT2D eigenvalue weighted by Crippen LogP contribution is -2.24. The Morgan fingerprint density at radius 2 is 1.67 bits per heavy atom. The average Bonchev–Trinajstić information content (AvgIpc) is 1.85. The maximum atomic E-state index is 10.8. The van der Waals surface area contributed by atoms with Crippen LogP contribution in [0.2, 0.25) is 0 Å². The molecule has 0 rings (SSSR count). The average molecular weight is 238 g/mol. The molecule has 3 unspecified atom stereocenters. The molecule has 0 heterocycles. The van der Waals surface area contributed by atoms with Gasteiger partial charge in [0.15, 0.2) is 0 Å². The van der Waals surface area contributed by atoms with Crippen molar-refractivity contribution in [3.8, 4) is 0 Å². The molecule has 12 heavy (non-hydrogen) atoms. The summed E-state index contributed by atoms with van der Waals surface area (Å²) in [6.45, 7) is 0.526. The van der Waals surface area contributed by atoms with Crippen molar-refractivity contribution in [3.63, 3.8) is 0 Å². The zero-order valence-corrected chi connectivity index (χ0v) is 8.93. The third kappa shape index (κ3) is 2.13. The van der Waals surface area contributed by atoms with Crippen molar-refractivity contribution >= 4 is 24.7 Å². The lowest BCUT2D eigenvalue weighted by atomic mass is 10.9. The van der Waals surface area contributed by atoms with E-state index in [0.717, 1.165) is 0 Å². The first-order valence-electron chi connectivity index (χ1n) is 2.55. The summed E-state index contributed by atoms with van der Waals surface area (Å²) >= 11 is 0. The minimum absolute atomic E-state index is 0.526. The van der Waals surface area contributed by atoms with Gasteiger partial charge >= 0.3 is 15.2 Å². The minimum atomic E-state index is -5.10. The Morgan fingerprint density at radius 3 is 1.75 bits per heavy atom. The largest absolute Gasteiger partial charge is 0.374 e. The van der Waals surface area contributed by atoms with Gasteiger partial charge in [0.05, 0.1) is 0 Å². The van der Waals surface area contributed by atoms with E-state index >= 15 is 0 Å². The number of hydrogen-bond acceptors (Lipinski definition) is 4. The van der Waals surface area contributed by atoms with E-state index in [1.807, 2.05) is 0 Å². The fourth-order valence-electron chi connectivity index (χ4n) is 0.264. The van der Waals surface area contributed by atoms with Crippen molar-refractivity contribution in [2.45, 2.75) is 12.0 Å². The highest BCUT2D eigenvalue weighted by atomic mass is 31.3. The number of hydrogen-bond donors (Lipinski definition) is 4. The van der Waals surface area contributed by atoms with Crippen LogP contribution in [0.5, 0.6) is 0 Å². The molecule has 0 saturated heterocycles. The molecule has 10 heteroatoms. The molecule has 3 atom stereocenters. The molecule has 0 saturated carbocycles. The second kappa shape index (κ2) is 3.45. The number of rotatable bonds is 3. The van der Waals surface area contributed by atoms with E-state index in [2.05, 4.69) is 4.31 Å². The summed E-state index contributed by atoms with van der Waals surface area (Å²) in [7, 11) is -8.49. The van der Waals surface area contributed by atoms with Gasteiger partial charge < -0.3 is 19.8 Å². The molecule has 0 radical (unpaired) electrons. The topological polar surface area (TPSA) is 124 Å². The lowest BCUT2D eigenvalue weighted by Gasteiger charge is -2.26. The first-order chi connectivity index (χ1) is 5.06. The van der Waals surface area contributed by atoms with Gasteiger partial charge in [-0.05, 0) is 6.92 Å². The summed E-state index contributed by atoms with van der Waals surface area (Å²) in [5.41, 5.74) is 0. The van der Waals surface area contributed by atoms with Gasteiger partial charge in [-0.1, -0.05) is 0 Å². The fourth-order valence-corrected chi connectivity index (χ4v) is 2.80. The maximum absolute atomic E-state index is 10.8. The second-order valence-electron chi connectivity index (χ2n) is 2.14. The fraction of sp³-hybridized carbons (Fsp3) is 1.00. The van der Waals surface area contributed by atoms with E-state index in [4.69, 9.17) is 19.8 Å². The Hall–Kier alpha value is 0.690. The van der Waals surface area contributed by atoms with Crippen LogP contribution in [0.25, 0.3) is 0 Å². The van der Waals surface area contributed by atoms with Crippen molar-refractivity contribution in [3.05, 3.63) is 0 Å². The molecule has 0 amide bonds. The quantitative estimate of drug-likeness (QED) is 0.502. The molecular formula is C2H9O7P3. The smallest absolute Gasteiger partial charge is 0.368 e. The Kier molecular flexibility index (Phi) is 3.64. The first-order valence-corrected chi connectivity index (χ1v) is 6.22. The van der Waals surface area contributed by atoms with Crippen LogP contribution in [-0.2, 0) is 13.4 Å². The van der Waals surface area contributed by atoms with Crippen LogP contribution in [0.15, 0.2) is 0 Å². The van der Waals surface area contributed by atoms with E-state index in [-0.39, 0.29) is 0 Å². The molecule has 0 aromatic carbocycles. The molecular weight excluding hydrogens is 229 g/mol. The van der Waals surface area contributed by atoms with Gasteiger partial charge in [-0.15, -0.1) is 0 Å². The normalized spacial score (nSPS) is 22.8. The summed E-state index contributed by atoms with van der Waals surface area (Å²) in [5.74, 6) is 0. The molecule has 0 aliphatic rings. The third-order valence-electron chi connectivity index (χ3n) is 1.23. The van der Waals surface area contributed by atoms with Gasteiger partial charge in [-0.3, -0.25) is 13.4 Å². The van der Waals surface area contributed by atoms with Crippen molar-refractivity contribution < 1.29 is 33.2 Å². The van der Waals surface area contributed by atoms with Crippen molar-refractivity contribution in [1.82, 2.24) is 0 Å². The van der Waals surface area contributed by atoms with Crippen LogP contribution in [0, 0.1) is 0 Å². The SMILES string of the molecule is CC(O)(P(=O)(O)O)P(=O)(O)OP. The predicted octanol–water partition coefficient (Wildman–Crippen LogP) is -0.178. The zero-order chi connectivity index (χ0) is 10.2. The van der Waals surface area contributed by atoms with E-state index in [1.165, 1.54) is 9.47 Å². The molecule has 74 valence electrons. The summed E-state index contributed by atoms with van der Waals surface area (Å²) < 4.78 is 25.1. The van der Waals surface area contributed by atoms with Crippen LogP contribution in [0.4, 0.5) is 0 Å². The van der Waals surface area contributed by atoms with Crippen LogP contribution in [-0.4, -0.2) is 24.9 Å². The zero-order valence-electron chi connectivity index (χ0n) is 5.99. The van der Waals surface area contributed by atoms with Gasteiger partial charge in [0.1, 0.15) is 0 Å². The van der Waals surface area contributed by atoms with Crippen LogP contribution >= 0.6 is 24.7 Å². The summed E-state index contributed by atoms with van der Waals surface area (Å²) in [6, 6.07) is 0. The van der Waals surface area contributed by atoms with Gasteiger partial charge in [0, 0.05) is 9.47 Å². The molecule has 7 nitrogen and oxygen atoms in total. The summed E-state index contributed by atoms with van der Waals surface area (Å²) in [6.07, 6.45) is 0. The number of aliphatic hydroxyl groups is 1. The van der Waals surface area contributed by atoms with Gasteiger partial charge in [0.25, 0.3) is 5.08 Å². The van der Waals surface area contributed by atoms with E-state index in [0.29, 0.717) is 6.92 Å². The van der Waals surface area contributed by atoms with Crippen molar-refractivity contribution in [2.24, 2.45) is 0 Å². The van der Waals surface area contributed by atoms with Gasteiger partial charge in [-0.25, -0.2) is 0 Å². The monoisotopic (exact) mass is 238 g/mol. The Bertz CT molecular complexity index is 251. The molecule has 0 fully saturated rings. The van der Waals surface area contributed by atoms with E-state index in [1.54, 1.807) is 0 Å².